The first-order valence-electron chi connectivity index (χ1n) is 6.66. The number of furan rings is 1. The number of hydrazine groups is 1. The van der Waals surface area contributed by atoms with Crippen LogP contribution in [0.1, 0.15) is 36.1 Å². The van der Waals surface area contributed by atoms with E-state index >= 15 is 0 Å². The van der Waals surface area contributed by atoms with Crippen LogP contribution < -0.4 is 11.3 Å². The number of nitrogens with one attached hydrogen (secondary N) is 1. The second kappa shape index (κ2) is 6.70. The van der Waals surface area contributed by atoms with Gasteiger partial charge in [0.15, 0.2) is 5.76 Å². The number of rotatable bonds is 5. The fourth-order valence-corrected chi connectivity index (χ4v) is 2.35. The van der Waals surface area contributed by atoms with Crippen LogP contribution in [0.4, 0.5) is 0 Å². The van der Waals surface area contributed by atoms with Crippen molar-refractivity contribution in [3.63, 3.8) is 0 Å². The monoisotopic (exact) mass is 267 g/mol. The highest BCUT2D eigenvalue weighted by Crippen LogP contribution is 2.17. The van der Waals surface area contributed by atoms with Gasteiger partial charge >= 0.3 is 5.91 Å². The molecule has 1 saturated heterocycles. The van der Waals surface area contributed by atoms with Gasteiger partial charge in [-0.05, 0) is 31.9 Å². The third-order valence-corrected chi connectivity index (χ3v) is 3.33. The van der Waals surface area contributed by atoms with Crippen LogP contribution in [0.25, 0.3) is 0 Å². The van der Waals surface area contributed by atoms with Crippen LogP contribution in [0, 0.1) is 0 Å². The zero-order valence-electron chi connectivity index (χ0n) is 11.2. The molecule has 0 atom stereocenters. The van der Waals surface area contributed by atoms with E-state index in [4.69, 9.17) is 15.0 Å². The van der Waals surface area contributed by atoms with Crippen molar-refractivity contribution in [1.29, 1.82) is 0 Å². The molecule has 1 aliphatic heterocycles. The summed E-state index contributed by atoms with van der Waals surface area (Å²) in [6.07, 6.45) is 2.48. The van der Waals surface area contributed by atoms with Gasteiger partial charge in [0.2, 0.25) is 0 Å². The third-order valence-electron chi connectivity index (χ3n) is 3.33. The standard InChI is InChI=1S/C13H21N3O3/c1-2-18-10-5-7-16(8-6-10)9-11-3-4-12(19-11)13(17)15-14/h3-4,10H,2,5-9,14H2,1H3,(H,15,17). The molecule has 0 aliphatic carbocycles. The Bertz CT molecular complexity index is 411. The van der Waals surface area contributed by atoms with E-state index in [9.17, 15) is 4.79 Å². The minimum Gasteiger partial charge on any atom is -0.455 e. The summed E-state index contributed by atoms with van der Waals surface area (Å²) < 4.78 is 11.1. The molecule has 0 spiro atoms. The summed E-state index contributed by atoms with van der Waals surface area (Å²) in [5.74, 6) is 5.69. The Morgan fingerprint density at radius 1 is 1.53 bits per heavy atom. The van der Waals surface area contributed by atoms with Crippen LogP contribution in [0.3, 0.4) is 0 Å². The van der Waals surface area contributed by atoms with Crippen LogP contribution in [-0.2, 0) is 11.3 Å². The Labute approximate surface area is 112 Å². The van der Waals surface area contributed by atoms with Crippen LogP contribution in [0.2, 0.25) is 0 Å². The van der Waals surface area contributed by atoms with Gasteiger partial charge < -0.3 is 9.15 Å². The number of carbonyl (C=O) groups excluding carboxylic acids is 1. The third kappa shape index (κ3) is 3.79. The van der Waals surface area contributed by atoms with Gasteiger partial charge in [0.25, 0.3) is 0 Å². The molecule has 6 nitrogen and oxygen atoms in total. The highest BCUT2D eigenvalue weighted by Gasteiger charge is 2.20. The summed E-state index contributed by atoms with van der Waals surface area (Å²) in [5, 5.41) is 0. The number of nitrogen functional groups attached to an aromatic ring is 1. The molecule has 0 radical (unpaired) electrons. The van der Waals surface area contributed by atoms with Crippen molar-refractivity contribution in [3.8, 4) is 0 Å². The van der Waals surface area contributed by atoms with Gasteiger partial charge in [0, 0.05) is 19.7 Å². The number of piperidine rings is 1. The Hall–Kier alpha value is -1.37. The highest BCUT2D eigenvalue weighted by atomic mass is 16.5. The van der Waals surface area contributed by atoms with E-state index in [1.54, 1.807) is 6.07 Å². The number of nitrogens with zero attached hydrogens (tertiary/aromatic N) is 1. The Kier molecular flexibility index (Phi) is 4.95. The molecule has 2 rings (SSSR count). The molecule has 1 aromatic heterocycles. The zero-order valence-corrected chi connectivity index (χ0v) is 11.2. The van der Waals surface area contributed by atoms with Crippen molar-refractivity contribution in [3.05, 3.63) is 23.7 Å². The smallest absolute Gasteiger partial charge is 0.300 e. The molecule has 1 aromatic rings. The van der Waals surface area contributed by atoms with Crippen LogP contribution >= 0.6 is 0 Å². The van der Waals surface area contributed by atoms with Crippen LogP contribution in [0.5, 0.6) is 0 Å². The molecular weight excluding hydrogens is 246 g/mol. The van der Waals surface area contributed by atoms with Crippen molar-refractivity contribution >= 4 is 5.91 Å². The number of nitrogens with two attached hydrogens (primary N) is 1. The maximum absolute atomic E-state index is 11.3. The maximum atomic E-state index is 11.3. The molecule has 0 unspecified atom stereocenters. The second-order valence-corrected chi connectivity index (χ2v) is 4.67. The average molecular weight is 267 g/mol. The number of hydrogen-bond acceptors (Lipinski definition) is 5. The zero-order chi connectivity index (χ0) is 13.7. The summed E-state index contributed by atoms with van der Waals surface area (Å²) in [5.41, 5.74) is 2.06. The van der Waals surface area contributed by atoms with Crippen molar-refractivity contribution in [2.75, 3.05) is 19.7 Å². The van der Waals surface area contributed by atoms with Crippen molar-refractivity contribution in [2.45, 2.75) is 32.4 Å². The molecule has 6 heteroatoms. The summed E-state index contributed by atoms with van der Waals surface area (Å²) in [6, 6.07) is 3.46. The summed E-state index contributed by atoms with van der Waals surface area (Å²) in [7, 11) is 0. The predicted molar refractivity (Wildman–Crippen MR) is 70.3 cm³/mol. The van der Waals surface area contributed by atoms with E-state index in [0.717, 1.165) is 44.8 Å². The molecule has 0 aromatic carbocycles. The Balaban J connectivity index is 1.82. The molecule has 1 fully saturated rings. The van der Waals surface area contributed by atoms with Gasteiger partial charge in [0.1, 0.15) is 5.76 Å². The lowest BCUT2D eigenvalue weighted by Crippen LogP contribution is -2.36. The van der Waals surface area contributed by atoms with Crippen LogP contribution in [-0.4, -0.2) is 36.6 Å². The average Bonchev–Trinajstić information content (AvgIpc) is 2.89. The van der Waals surface area contributed by atoms with E-state index < -0.39 is 5.91 Å². The summed E-state index contributed by atoms with van der Waals surface area (Å²) in [4.78, 5) is 13.6. The minimum atomic E-state index is -0.402. The predicted octanol–water partition coefficient (Wildman–Crippen LogP) is 0.884. The fourth-order valence-electron chi connectivity index (χ4n) is 2.35. The van der Waals surface area contributed by atoms with E-state index in [2.05, 4.69) is 10.3 Å². The molecular formula is C13H21N3O3. The van der Waals surface area contributed by atoms with Gasteiger partial charge in [0.05, 0.1) is 12.6 Å². The molecule has 1 amide bonds. The topological polar surface area (TPSA) is 80.7 Å². The molecule has 1 aliphatic rings. The van der Waals surface area contributed by atoms with Crippen molar-refractivity contribution < 1.29 is 13.9 Å². The first-order valence-corrected chi connectivity index (χ1v) is 6.66. The Morgan fingerprint density at radius 3 is 2.89 bits per heavy atom. The quantitative estimate of drug-likeness (QED) is 0.470. The maximum Gasteiger partial charge on any atom is 0.300 e. The molecule has 0 bridgehead atoms. The van der Waals surface area contributed by atoms with E-state index in [0.29, 0.717) is 6.10 Å². The van der Waals surface area contributed by atoms with Gasteiger partial charge in [-0.1, -0.05) is 0 Å². The summed E-state index contributed by atoms with van der Waals surface area (Å²) in [6.45, 7) is 5.50. The van der Waals surface area contributed by atoms with Gasteiger partial charge in [-0.15, -0.1) is 0 Å². The molecule has 106 valence electrons. The first kappa shape index (κ1) is 14.0. The van der Waals surface area contributed by atoms with Crippen molar-refractivity contribution in [1.82, 2.24) is 10.3 Å². The van der Waals surface area contributed by atoms with Gasteiger partial charge in [-0.3, -0.25) is 15.1 Å². The molecule has 2 heterocycles. The second-order valence-electron chi connectivity index (χ2n) is 4.67. The fraction of sp³-hybridized carbons (Fsp3) is 0.615. The molecule has 19 heavy (non-hydrogen) atoms. The van der Waals surface area contributed by atoms with E-state index in [1.807, 2.05) is 13.0 Å². The number of hydrogen-bond donors (Lipinski definition) is 2. The summed E-state index contributed by atoms with van der Waals surface area (Å²) >= 11 is 0. The minimum absolute atomic E-state index is 0.252. The number of amides is 1. The van der Waals surface area contributed by atoms with Gasteiger partial charge in [-0.25, -0.2) is 5.84 Å². The number of ether oxygens (including phenoxy) is 1. The van der Waals surface area contributed by atoms with Crippen molar-refractivity contribution in [2.24, 2.45) is 5.84 Å². The van der Waals surface area contributed by atoms with E-state index in [1.165, 1.54) is 0 Å². The van der Waals surface area contributed by atoms with Crippen LogP contribution in [0.15, 0.2) is 16.5 Å². The number of carbonyl (C=O) groups is 1. The van der Waals surface area contributed by atoms with Gasteiger partial charge in [-0.2, -0.15) is 0 Å². The molecule has 3 N–H and O–H groups in total. The SMILES string of the molecule is CCOC1CCN(Cc2ccc(C(=O)NN)o2)CC1. The highest BCUT2D eigenvalue weighted by molar-refractivity contribution is 5.90. The lowest BCUT2D eigenvalue weighted by molar-refractivity contribution is 0.0112. The normalized spacial score (nSPS) is 17.6. The lowest BCUT2D eigenvalue weighted by Gasteiger charge is -2.30. The first-order chi connectivity index (χ1) is 9.22. The van der Waals surface area contributed by atoms with E-state index in [-0.39, 0.29) is 5.76 Å². The lowest BCUT2D eigenvalue weighted by atomic mass is 10.1. The Morgan fingerprint density at radius 2 is 2.26 bits per heavy atom. The number of likely N-dealkylation sites (tertiary alicyclic amines) is 1. The molecule has 0 saturated carbocycles. The largest absolute Gasteiger partial charge is 0.455 e.